The second-order valence-electron chi connectivity index (χ2n) is 6.37. The Morgan fingerprint density at radius 2 is 1.81 bits per heavy atom. The molecule has 112 valence electrons. The predicted octanol–water partition coefficient (Wildman–Crippen LogP) is 3.96. The molecule has 2 N–H and O–H groups in total. The van der Waals surface area contributed by atoms with Crippen LogP contribution >= 0.6 is 0 Å². The third-order valence-corrected chi connectivity index (χ3v) is 4.94. The first-order valence-corrected chi connectivity index (χ1v) is 8.23. The highest BCUT2D eigenvalue weighted by molar-refractivity contribution is 5.83. The molecule has 0 radical (unpaired) electrons. The van der Waals surface area contributed by atoms with Crippen molar-refractivity contribution in [3.8, 4) is 0 Å². The minimum Gasteiger partial charge on any atom is -0.323 e. The second-order valence-corrected chi connectivity index (χ2v) is 6.37. The minimum absolute atomic E-state index is 0.118. The van der Waals surface area contributed by atoms with Gasteiger partial charge in [0.2, 0.25) is 0 Å². The SMILES string of the molecule is CCC1CCN(CC(N)c2ccc3ccccc3c2)CC1. The maximum Gasteiger partial charge on any atom is 0.0424 e. The van der Waals surface area contributed by atoms with Crippen molar-refractivity contribution in [1.82, 2.24) is 4.90 Å². The van der Waals surface area contributed by atoms with Crippen molar-refractivity contribution in [2.45, 2.75) is 32.2 Å². The van der Waals surface area contributed by atoms with Gasteiger partial charge >= 0.3 is 0 Å². The Morgan fingerprint density at radius 1 is 1.10 bits per heavy atom. The summed E-state index contributed by atoms with van der Waals surface area (Å²) in [6.45, 7) is 5.70. The lowest BCUT2D eigenvalue weighted by atomic mass is 9.94. The Hall–Kier alpha value is -1.38. The highest BCUT2D eigenvalue weighted by Gasteiger charge is 2.19. The lowest BCUT2D eigenvalue weighted by Gasteiger charge is -2.33. The van der Waals surface area contributed by atoms with Crippen LogP contribution < -0.4 is 5.73 Å². The molecule has 1 aliphatic heterocycles. The molecule has 0 amide bonds. The molecule has 1 heterocycles. The highest BCUT2D eigenvalue weighted by Crippen LogP contribution is 2.23. The van der Waals surface area contributed by atoms with E-state index in [1.807, 2.05) is 0 Å². The van der Waals surface area contributed by atoms with Gasteiger partial charge in [0.05, 0.1) is 0 Å². The molecule has 1 unspecified atom stereocenters. The molecular weight excluding hydrogens is 256 g/mol. The van der Waals surface area contributed by atoms with Crippen molar-refractivity contribution in [3.05, 3.63) is 48.0 Å². The Labute approximate surface area is 127 Å². The van der Waals surface area contributed by atoms with Crippen LogP contribution in [0.15, 0.2) is 42.5 Å². The summed E-state index contributed by atoms with van der Waals surface area (Å²) in [4.78, 5) is 2.53. The fraction of sp³-hybridized carbons (Fsp3) is 0.474. The molecule has 2 heteroatoms. The van der Waals surface area contributed by atoms with Gasteiger partial charge in [0.1, 0.15) is 0 Å². The molecule has 2 nitrogen and oxygen atoms in total. The number of rotatable bonds is 4. The van der Waals surface area contributed by atoms with Gasteiger partial charge < -0.3 is 10.6 Å². The highest BCUT2D eigenvalue weighted by atomic mass is 15.1. The van der Waals surface area contributed by atoms with E-state index in [-0.39, 0.29) is 6.04 Å². The quantitative estimate of drug-likeness (QED) is 0.919. The lowest BCUT2D eigenvalue weighted by molar-refractivity contribution is 0.173. The number of fused-ring (bicyclic) bond motifs is 1. The number of nitrogens with two attached hydrogens (primary N) is 1. The summed E-state index contributed by atoms with van der Waals surface area (Å²) in [5.41, 5.74) is 7.70. The molecule has 21 heavy (non-hydrogen) atoms. The summed E-state index contributed by atoms with van der Waals surface area (Å²) >= 11 is 0. The number of hydrogen-bond acceptors (Lipinski definition) is 2. The van der Waals surface area contributed by atoms with Crippen molar-refractivity contribution in [2.24, 2.45) is 11.7 Å². The molecule has 1 aliphatic rings. The Bertz CT molecular complexity index is 585. The van der Waals surface area contributed by atoms with Crippen molar-refractivity contribution in [2.75, 3.05) is 19.6 Å². The molecule has 1 saturated heterocycles. The topological polar surface area (TPSA) is 29.3 Å². The van der Waals surface area contributed by atoms with Crippen LogP contribution in [-0.2, 0) is 0 Å². The van der Waals surface area contributed by atoms with Crippen molar-refractivity contribution in [3.63, 3.8) is 0 Å². The van der Waals surface area contributed by atoms with E-state index in [9.17, 15) is 0 Å². The molecule has 2 aromatic rings. The van der Waals surface area contributed by atoms with E-state index in [1.165, 1.54) is 48.7 Å². The fourth-order valence-electron chi connectivity index (χ4n) is 3.40. The molecule has 1 atom stereocenters. The number of hydrogen-bond donors (Lipinski definition) is 1. The Balaban J connectivity index is 1.65. The van der Waals surface area contributed by atoms with Gasteiger partial charge in [-0.2, -0.15) is 0 Å². The summed E-state index contributed by atoms with van der Waals surface area (Å²) in [7, 11) is 0. The van der Waals surface area contributed by atoms with Gasteiger partial charge in [-0.1, -0.05) is 49.7 Å². The minimum atomic E-state index is 0.118. The number of nitrogens with zero attached hydrogens (tertiary/aromatic N) is 1. The molecule has 0 aromatic heterocycles. The predicted molar refractivity (Wildman–Crippen MR) is 90.3 cm³/mol. The van der Waals surface area contributed by atoms with Crippen LogP contribution in [0.2, 0.25) is 0 Å². The van der Waals surface area contributed by atoms with Gasteiger partial charge in [-0.05, 0) is 54.3 Å². The first-order chi connectivity index (χ1) is 10.3. The number of benzene rings is 2. The third-order valence-electron chi connectivity index (χ3n) is 4.94. The van der Waals surface area contributed by atoms with Crippen molar-refractivity contribution >= 4 is 10.8 Å². The van der Waals surface area contributed by atoms with Gasteiger partial charge in [-0.25, -0.2) is 0 Å². The van der Waals surface area contributed by atoms with Crippen molar-refractivity contribution in [1.29, 1.82) is 0 Å². The molecule has 3 rings (SSSR count). The zero-order valence-corrected chi connectivity index (χ0v) is 13.0. The first-order valence-electron chi connectivity index (χ1n) is 8.23. The zero-order chi connectivity index (χ0) is 14.7. The average Bonchev–Trinajstić information content (AvgIpc) is 2.55. The average molecular weight is 282 g/mol. The summed E-state index contributed by atoms with van der Waals surface area (Å²) < 4.78 is 0. The Kier molecular flexibility index (Phi) is 4.57. The van der Waals surface area contributed by atoms with Crippen LogP contribution in [0.3, 0.4) is 0 Å². The fourth-order valence-corrected chi connectivity index (χ4v) is 3.40. The van der Waals surface area contributed by atoms with E-state index in [1.54, 1.807) is 0 Å². The maximum absolute atomic E-state index is 6.44. The summed E-state index contributed by atoms with van der Waals surface area (Å²) in [5.74, 6) is 0.929. The molecule has 2 aromatic carbocycles. The monoisotopic (exact) mass is 282 g/mol. The van der Waals surface area contributed by atoms with Crippen LogP contribution in [0, 0.1) is 5.92 Å². The lowest BCUT2D eigenvalue weighted by Crippen LogP contribution is -2.38. The molecule has 0 aliphatic carbocycles. The summed E-state index contributed by atoms with van der Waals surface area (Å²) in [6.07, 6.45) is 3.99. The molecule has 0 bridgehead atoms. The van der Waals surface area contributed by atoms with Gasteiger partial charge in [-0.15, -0.1) is 0 Å². The van der Waals surface area contributed by atoms with Crippen LogP contribution in [0.5, 0.6) is 0 Å². The van der Waals surface area contributed by atoms with E-state index in [4.69, 9.17) is 5.73 Å². The first kappa shape index (κ1) is 14.6. The maximum atomic E-state index is 6.44. The van der Waals surface area contributed by atoms with Crippen LogP contribution in [0.1, 0.15) is 37.8 Å². The second kappa shape index (κ2) is 6.59. The third kappa shape index (κ3) is 3.45. The smallest absolute Gasteiger partial charge is 0.0424 e. The van der Waals surface area contributed by atoms with E-state index in [2.05, 4.69) is 54.3 Å². The largest absolute Gasteiger partial charge is 0.323 e. The Morgan fingerprint density at radius 3 is 2.52 bits per heavy atom. The summed E-state index contributed by atoms with van der Waals surface area (Å²) in [6, 6.07) is 15.2. The molecule has 1 fully saturated rings. The summed E-state index contributed by atoms with van der Waals surface area (Å²) in [5, 5.41) is 2.58. The van der Waals surface area contributed by atoms with Crippen molar-refractivity contribution < 1.29 is 0 Å². The standard InChI is InChI=1S/C19H26N2/c1-2-15-9-11-21(12-10-15)14-19(20)18-8-7-16-5-3-4-6-17(16)13-18/h3-8,13,15,19H,2,9-12,14,20H2,1H3. The van der Waals surface area contributed by atoms with Crippen LogP contribution in [-0.4, -0.2) is 24.5 Å². The van der Waals surface area contributed by atoms with Crippen LogP contribution in [0.25, 0.3) is 10.8 Å². The van der Waals surface area contributed by atoms with Gasteiger partial charge in [0.25, 0.3) is 0 Å². The number of piperidine rings is 1. The van der Waals surface area contributed by atoms with Gasteiger partial charge in [0, 0.05) is 12.6 Å². The van der Waals surface area contributed by atoms with E-state index < -0.39 is 0 Å². The number of likely N-dealkylation sites (tertiary alicyclic amines) is 1. The molecule has 0 saturated carbocycles. The van der Waals surface area contributed by atoms with Gasteiger partial charge in [-0.3, -0.25) is 0 Å². The molecule has 0 spiro atoms. The van der Waals surface area contributed by atoms with E-state index in [0.717, 1.165) is 12.5 Å². The normalized spacial score (nSPS) is 19.0. The van der Waals surface area contributed by atoms with E-state index >= 15 is 0 Å². The molecular formula is C19H26N2. The van der Waals surface area contributed by atoms with E-state index in [0.29, 0.717) is 0 Å². The van der Waals surface area contributed by atoms with Crippen LogP contribution in [0.4, 0.5) is 0 Å². The zero-order valence-electron chi connectivity index (χ0n) is 13.0. The van der Waals surface area contributed by atoms with Gasteiger partial charge in [0.15, 0.2) is 0 Å².